The molecular weight excluding hydrogens is 534 g/mol. The first-order valence-electron chi connectivity index (χ1n) is 14.3. The molecule has 0 heterocycles. The number of aryl methyl sites for hydroxylation is 4. The second kappa shape index (κ2) is 12.9. The van der Waals surface area contributed by atoms with Crippen molar-refractivity contribution in [2.45, 2.75) is 83.8 Å². The van der Waals surface area contributed by atoms with E-state index in [9.17, 15) is 18.0 Å². The van der Waals surface area contributed by atoms with Crippen molar-refractivity contribution in [3.8, 4) is 0 Å². The van der Waals surface area contributed by atoms with E-state index in [1.807, 2.05) is 58.0 Å². The minimum absolute atomic E-state index is 0.104. The van der Waals surface area contributed by atoms with Gasteiger partial charge in [-0.2, -0.15) is 0 Å². The Bertz CT molecular complexity index is 1470. The highest BCUT2D eigenvalue weighted by Gasteiger charge is 2.33. The lowest BCUT2D eigenvalue weighted by atomic mass is 10.1. The SMILES string of the molecule is Cc1ccc(S(=O)(=O)N(CC(=O)N(Cc2cccc(C)c2)C(C)C(=O)NC2CCCC2)c2cc(C)cc(C)c2)cc1. The van der Waals surface area contributed by atoms with Crippen molar-refractivity contribution in [3.05, 3.63) is 94.5 Å². The summed E-state index contributed by atoms with van der Waals surface area (Å²) in [7, 11) is -4.09. The van der Waals surface area contributed by atoms with E-state index in [1.54, 1.807) is 43.3 Å². The number of anilines is 1. The topological polar surface area (TPSA) is 86.8 Å². The monoisotopic (exact) mass is 575 g/mol. The summed E-state index contributed by atoms with van der Waals surface area (Å²) in [6.07, 6.45) is 4.01. The third-order valence-electron chi connectivity index (χ3n) is 7.69. The van der Waals surface area contributed by atoms with Gasteiger partial charge in [0.25, 0.3) is 10.0 Å². The first-order chi connectivity index (χ1) is 19.4. The smallest absolute Gasteiger partial charge is 0.264 e. The van der Waals surface area contributed by atoms with Crippen LogP contribution in [0.3, 0.4) is 0 Å². The zero-order chi connectivity index (χ0) is 29.7. The van der Waals surface area contributed by atoms with Gasteiger partial charge >= 0.3 is 0 Å². The molecule has 2 amide bonds. The van der Waals surface area contributed by atoms with E-state index < -0.39 is 28.5 Å². The summed E-state index contributed by atoms with van der Waals surface area (Å²) in [5.74, 6) is -0.673. The third-order valence-corrected chi connectivity index (χ3v) is 9.47. The maximum Gasteiger partial charge on any atom is 0.264 e. The molecule has 1 fully saturated rings. The highest BCUT2D eigenvalue weighted by Crippen LogP contribution is 2.27. The number of carbonyl (C=O) groups excluding carboxylic acids is 2. The highest BCUT2D eigenvalue weighted by molar-refractivity contribution is 7.92. The number of hydrogen-bond donors (Lipinski definition) is 1. The molecule has 1 saturated carbocycles. The number of benzene rings is 3. The molecule has 3 aromatic rings. The lowest BCUT2D eigenvalue weighted by Gasteiger charge is -2.32. The fraction of sp³-hybridized carbons (Fsp3) is 0.394. The van der Waals surface area contributed by atoms with Gasteiger partial charge in [0.15, 0.2) is 0 Å². The molecule has 218 valence electrons. The van der Waals surface area contributed by atoms with Crippen molar-refractivity contribution >= 4 is 27.5 Å². The summed E-state index contributed by atoms with van der Waals surface area (Å²) in [5.41, 5.74) is 5.03. The van der Waals surface area contributed by atoms with E-state index >= 15 is 0 Å². The second-order valence-electron chi connectivity index (χ2n) is 11.3. The van der Waals surface area contributed by atoms with Crippen molar-refractivity contribution in [2.75, 3.05) is 10.8 Å². The third kappa shape index (κ3) is 7.55. The van der Waals surface area contributed by atoms with E-state index in [0.717, 1.165) is 53.5 Å². The van der Waals surface area contributed by atoms with E-state index in [-0.39, 0.29) is 23.4 Å². The number of sulfonamides is 1. The van der Waals surface area contributed by atoms with Gasteiger partial charge < -0.3 is 10.2 Å². The van der Waals surface area contributed by atoms with Gasteiger partial charge in [0.1, 0.15) is 12.6 Å². The number of nitrogens with zero attached hydrogens (tertiary/aromatic N) is 2. The fourth-order valence-electron chi connectivity index (χ4n) is 5.44. The zero-order valence-corrected chi connectivity index (χ0v) is 25.5. The summed E-state index contributed by atoms with van der Waals surface area (Å²) < 4.78 is 29.2. The standard InChI is InChI=1S/C33H41N3O4S/c1-23-13-15-31(16-14-23)41(39,40)36(30-19-25(3)17-26(4)20-30)22-32(37)35(21-28-10-8-9-24(2)18-28)27(5)33(38)34-29-11-6-7-12-29/h8-10,13-20,27,29H,6-7,11-12,21-22H2,1-5H3,(H,34,38). The van der Waals surface area contributed by atoms with Gasteiger partial charge in [-0.3, -0.25) is 13.9 Å². The van der Waals surface area contributed by atoms with Crippen LogP contribution in [0, 0.1) is 27.7 Å². The Labute approximate surface area is 244 Å². The number of nitrogens with one attached hydrogen (secondary N) is 1. The van der Waals surface area contributed by atoms with E-state index in [1.165, 1.54) is 9.21 Å². The average molecular weight is 576 g/mol. The number of carbonyl (C=O) groups is 2. The molecule has 0 saturated heterocycles. The molecule has 4 rings (SSSR count). The molecule has 0 aliphatic heterocycles. The first kappa shape index (κ1) is 30.3. The van der Waals surface area contributed by atoms with Gasteiger partial charge in [-0.25, -0.2) is 8.42 Å². The average Bonchev–Trinajstić information content (AvgIpc) is 3.42. The predicted octanol–water partition coefficient (Wildman–Crippen LogP) is 5.59. The molecule has 1 aliphatic carbocycles. The van der Waals surface area contributed by atoms with Crippen LogP contribution < -0.4 is 9.62 Å². The van der Waals surface area contributed by atoms with Gasteiger partial charge in [-0.1, -0.05) is 66.4 Å². The minimum Gasteiger partial charge on any atom is -0.352 e. The van der Waals surface area contributed by atoms with Crippen LogP contribution in [0.4, 0.5) is 5.69 Å². The van der Waals surface area contributed by atoms with Crippen LogP contribution in [0.2, 0.25) is 0 Å². The van der Waals surface area contributed by atoms with Gasteiger partial charge in [-0.15, -0.1) is 0 Å². The van der Waals surface area contributed by atoms with Crippen molar-refractivity contribution in [1.29, 1.82) is 0 Å². The zero-order valence-electron chi connectivity index (χ0n) is 24.7. The van der Waals surface area contributed by atoms with Gasteiger partial charge in [-0.05, 0) is 88.4 Å². The Morgan fingerprint density at radius 1 is 0.854 bits per heavy atom. The molecule has 0 aromatic heterocycles. The molecule has 41 heavy (non-hydrogen) atoms. The summed E-state index contributed by atoms with van der Waals surface area (Å²) >= 11 is 0. The molecule has 1 aliphatic rings. The van der Waals surface area contributed by atoms with E-state index in [2.05, 4.69) is 5.32 Å². The summed E-state index contributed by atoms with van der Waals surface area (Å²) in [4.78, 5) is 29.1. The minimum atomic E-state index is -4.09. The Kier molecular flexibility index (Phi) is 9.53. The van der Waals surface area contributed by atoms with Crippen LogP contribution in [0.25, 0.3) is 0 Å². The summed E-state index contributed by atoms with van der Waals surface area (Å²) in [6, 6.07) is 19.2. The van der Waals surface area contributed by atoms with Crippen molar-refractivity contribution < 1.29 is 18.0 Å². The largest absolute Gasteiger partial charge is 0.352 e. The van der Waals surface area contributed by atoms with E-state index in [0.29, 0.717) is 5.69 Å². The Morgan fingerprint density at radius 3 is 2.10 bits per heavy atom. The Morgan fingerprint density at radius 2 is 1.49 bits per heavy atom. The lowest BCUT2D eigenvalue weighted by molar-refractivity contribution is -0.139. The maximum atomic E-state index is 14.1. The summed E-state index contributed by atoms with van der Waals surface area (Å²) in [5, 5.41) is 3.11. The molecule has 1 N–H and O–H groups in total. The highest BCUT2D eigenvalue weighted by atomic mass is 32.2. The Hall–Kier alpha value is -3.65. The Balaban J connectivity index is 1.71. The van der Waals surface area contributed by atoms with Crippen LogP contribution in [0.1, 0.15) is 60.4 Å². The molecule has 3 aromatic carbocycles. The molecule has 0 bridgehead atoms. The first-order valence-corrected chi connectivity index (χ1v) is 15.7. The number of rotatable bonds is 10. The normalized spacial score (nSPS) is 14.5. The van der Waals surface area contributed by atoms with Gasteiger partial charge in [0.2, 0.25) is 11.8 Å². The molecule has 1 atom stereocenters. The fourth-order valence-corrected chi connectivity index (χ4v) is 6.84. The quantitative estimate of drug-likeness (QED) is 0.341. The van der Waals surface area contributed by atoms with Crippen LogP contribution in [-0.4, -0.2) is 43.8 Å². The molecule has 0 radical (unpaired) electrons. The van der Waals surface area contributed by atoms with E-state index in [4.69, 9.17) is 0 Å². The summed E-state index contributed by atoms with van der Waals surface area (Å²) in [6.45, 7) is 9.12. The van der Waals surface area contributed by atoms with Crippen LogP contribution in [0.5, 0.6) is 0 Å². The molecule has 7 nitrogen and oxygen atoms in total. The van der Waals surface area contributed by atoms with Crippen LogP contribution in [-0.2, 0) is 26.2 Å². The molecule has 1 unspecified atom stereocenters. The number of hydrogen-bond acceptors (Lipinski definition) is 4. The van der Waals surface area contributed by atoms with Crippen LogP contribution in [0.15, 0.2) is 71.6 Å². The van der Waals surface area contributed by atoms with Crippen molar-refractivity contribution in [2.24, 2.45) is 0 Å². The molecular formula is C33H41N3O4S. The lowest BCUT2D eigenvalue weighted by Crippen LogP contribution is -2.52. The van der Waals surface area contributed by atoms with Gasteiger partial charge in [0.05, 0.1) is 10.6 Å². The predicted molar refractivity (Wildman–Crippen MR) is 163 cm³/mol. The number of amides is 2. The molecule has 8 heteroatoms. The maximum absolute atomic E-state index is 14.1. The van der Waals surface area contributed by atoms with Gasteiger partial charge in [0, 0.05) is 12.6 Å². The van der Waals surface area contributed by atoms with Crippen molar-refractivity contribution in [1.82, 2.24) is 10.2 Å². The van der Waals surface area contributed by atoms with Crippen molar-refractivity contribution in [3.63, 3.8) is 0 Å². The molecule has 0 spiro atoms. The second-order valence-corrected chi connectivity index (χ2v) is 13.2. The van der Waals surface area contributed by atoms with Crippen LogP contribution >= 0.6 is 0 Å².